The fourth-order valence-electron chi connectivity index (χ4n) is 1.62. The van der Waals surface area contributed by atoms with Gasteiger partial charge in [0.25, 0.3) is 0 Å². The van der Waals surface area contributed by atoms with Gasteiger partial charge in [0.1, 0.15) is 11.6 Å². The average molecular weight is 222 g/mol. The number of imidazole rings is 1. The highest BCUT2D eigenvalue weighted by Crippen LogP contribution is 2.29. The van der Waals surface area contributed by atoms with Crippen molar-refractivity contribution in [3.8, 4) is 17.0 Å². The summed E-state index contributed by atoms with van der Waals surface area (Å²) < 4.78 is 18.3. The first-order chi connectivity index (χ1) is 7.61. The molecular weight excluding hydrogens is 211 g/mol. The van der Waals surface area contributed by atoms with Crippen molar-refractivity contribution in [1.82, 2.24) is 9.97 Å². The van der Waals surface area contributed by atoms with E-state index >= 15 is 0 Å². The number of hydrogen-bond acceptors (Lipinski definition) is 2. The third-order valence-electron chi connectivity index (χ3n) is 2.35. The standard InChI is InChI=1S/C11H11FN2O2/c1-6-10(14-11(15)13-6)8-5-7(12)3-4-9(8)16-2/h3-5H,1-2H3,(H2,13,14,15). The van der Waals surface area contributed by atoms with Crippen molar-refractivity contribution in [2.24, 2.45) is 0 Å². The van der Waals surface area contributed by atoms with Gasteiger partial charge in [-0.3, -0.25) is 0 Å². The van der Waals surface area contributed by atoms with Gasteiger partial charge in [-0.15, -0.1) is 0 Å². The lowest BCUT2D eigenvalue weighted by molar-refractivity contribution is 0.415. The highest BCUT2D eigenvalue weighted by molar-refractivity contribution is 5.68. The van der Waals surface area contributed by atoms with Gasteiger partial charge in [-0.1, -0.05) is 0 Å². The molecule has 0 bridgehead atoms. The molecule has 0 saturated heterocycles. The van der Waals surface area contributed by atoms with Crippen LogP contribution in [0.2, 0.25) is 0 Å². The van der Waals surface area contributed by atoms with Gasteiger partial charge >= 0.3 is 5.69 Å². The molecule has 16 heavy (non-hydrogen) atoms. The molecule has 0 amide bonds. The number of hydrogen-bond donors (Lipinski definition) is 2. The minimum absolute atomic E-state index is 0.321. The molecule has 5 heteroatoms. The van der Waals surface area contributed by atoms with Crippen LogP contribution in [0.5, 0.6) is 5.75 Å². The smallest absolute Gasteiger partial charge is 0.323 e. The molecule has 1 aromatic carbocycles. The van der Waals surface area contributed by atoms with E-state index in [1.807, 2.05) is 0 Å². The Bertz CT molecular complexity index is 572. The van der Waals surface area contributed by atoms with Crippen LogP contribution in [0.25, 0.3) is 11.3 Å². The predicted octanol–water partition coefficient (Wildman–Crippen LogP) is 1.83. The van der Waals surface area contributed by atoms with Crippen LogP contribution in [0.1, 0.15) is 5.69 Å². The van der Waals surface area contributed by atoms with Crippen molar-refractivity contribution in [2.45, 2.75) is 6.92 Å². The maximum atomic E-state index is 13.1. The molecule has 0 spiro atoms. The first-order valence-electron chi connectivity index (χ1n) is 4.74. The van der Waals surface area contributed by atoms with E-state index in [0.717, 1.165) is 0 Å². The van der Waals surface area contributed by atoms with Crippen LogP contribution in [0.4, 0.5) is 4.39 Å². The quantitative estimate of drug-likeness (QED) is 0.814. The van der Waals surface area contributed by atoms with E-state index in [4.69, 9.17) is 4.74 Å². The molecule has 1 aromatic heterocycles. The second kappa shape index (κ2) is 3.84. The maximum absolute atomic E-state index is 13.1. The number of aromatic nitrogens is 2. The van der Waals surface area contributed by atoms with E-state index in [0.29, 0.717) is 22.7 Å². The Kier molecular flexibility index (Phi) is 2.52. The number of methoxy groups -OCH3 is 1. The third kappa shape index (κ3) is 1.71. The summed E-state index contributed by atoms with van der Waals surface area (Å²) in [7, 11) is 1.50. The van der Waals surface area contributed by atoms with Gasteiger partial charge in [-0.2, -0.15) is 0 Å². The highest BCUT2D eigenvalue weighted by atomic mass is 19.1. The Morgan fingerprint density at radius 3 is 2.62 bits per heavy atom. The molecule has 84 valence electrons. The van der Waals surface area contributed by atoms with Gasteiger partial charge < -0.3 is 14.7 Å². The van der Waals surface area contributed by atoms with Crippen molar-refractivity contribution in [3.63, 3.8) is 0 Å². The number of H-pyrrole nitrogens is 2. The van der Waals surface area contributed by atoms with E-state index in [2.05, 4.69) is 9.97 Å². The molecule has 0 saturated carbocycles. The topological polar surface area (TPSA) is 57.9 Å². The van der Waals surface area contributed by atoms with Crippen molar-refractivity contribution < 1.29 is 9.13 Å². The minimum atomic E-state index is -0.378. The van der Waals surface area contributed by atoms with E-state index in [9.17, 15) is 9.18 Å². The zero-order valence-corrected chi connectivity index (χ0v) is 8.93. The predicted molar refractivity (Wildman–Crippen MR) is 58.1 cm³/mol. The number of aromatic amines is 2. The van der Waals surface area contributed by atoms with Crippen LogP contribution in [0, 0.1) is 12.7 Å². The van der Waals surface area contributed by atoms with E-state index in [1.54, 1.807) is 6.92 Å². The van der Waals surface area contributed by atoms with Gasteiger partial charge in [-0.25, -0.2) is 9.18 Å². The SMILES string of the molecule is COc1ccc(F)cc1-c1[nH]c(=O)[nH]c1C. The molecule has 0 aliphatic heterocycles. The van der Waals surface area contributed by atoms with E-state index < -0.39 is 0 Å². The second-order valence-corrected chi connectivity index (χ2v) is 3.42. The Morgan fingerprint density at radius 1 is 1.31 bits per heavy atom. The number of rotatable bonds is 2. The zero-order valence-electron chi connectivity index (χ0n) is 8.93. The number of halogens is 1. The fraction of sp³-hybridized carbons (Fsp3) is 0.182. The Morgan fingerprint density at radius 2 is 2.06 bits per heavy atom. The summed E-state index contributed by atoms with van der Waals surface area (Å²) in [6.45, 7) is 1.73. The van der Waals surface area contributed by atoms with Crippen LogP contribution in [-0.2, 0) is 0 Å². The third-order valence-corrected chi connectivity index (χ3v) is 2.35. The molecule has 2 rings (SSSR count). The molecule has 0 aliphatic carbocycles. The first-order valence-corrected chi connectivity index (χ1v) is 4.74. The molecule has 0 radical (unpaired) electrons. The van der Waals surface area contributed by atoms with Crippen molar-refractivity contribution >= 4 is 0 Å². The van der Waals surface area contributed by atoms with Crippen LogP contribution in [-0.4, -0.2) is 17.1 Å². The summed E-state index contributed by atoms with van der Waals surface area (Å²) >= 11 is 0. The van der Waals surface area contributed by atoms with E-state index in [1.165, 1.54) is 25.3 Å². The highest BCUT2D eigenvalue weighted by Gasteiger charge is 2.12. The summed E-state index contributed by atoms with van der Waals surface area (Å²) in [6, 6.07) is 4.16. The molecule has 4 nitrogen and oxygen atoms in total. The zero-order chi connectivity index (χ0) is 11.7. The first kappa shape index (κ1) is 10.5. The monoisotopic (exact) mass is 222 g/mol. The van der Waals surface area contributed by atoms with Crippen LogP contribution < -0.4 is 10.4 Å². The molecule has 0 fully saturated rings. The van der Waals surface area contributed by atoms with Crippen LogP contribution in [0.3, 0.4) is 0 Å². The molecule has 0 aliphatic rings. The van der Waals surface area contributed by atoms with Gasteiger partial charge in [0.15, 0.2) is 0 Å². The summed E-state index contributed by atoms with van der Waals surface area (Å²) in [5.41, 5.74) is 1.40. The summed E-state index contributed by atoms with van der Waals surface area (Å²) in [5, 5.41) is 0. The van der Waals surface area contributed by atoms with Crippen molar-refractivity contribution in [2.75, 3.05) is 7.11 Å². The lowest BCUT2D eigenvalue weighted by Crippen LogP contribution is -2.00. The molecule has 0 atom stereocenters. The van der Waals surface area contributed by atoms with Crippen LogP contribution >= 0.6 is 0 Å². The maximum Gasteiger partial charge on any atom is 0.323 e. The summed E-state index contributed by atoms with van der Waals surface area (Å²) in [4.78, 5) is 16.3. The van der Waals surface area contributed by atoms with Crippen LogP contribution in [0.15, 0.2) is 23.0 Å². The molecule has 1 heterocycles. The van der Waals surface area contributed by atoms with Crippen molar-refractivity contribution in [3.05, 3.63) is 40.2 Å². The minimum Gasteiger partial charge on any atom is -0.496 e. The van der Waals surface area contributed by atoms with Gasteiger partial charge in [0, 0.05) is 11.3 Å². The lowest BCUT2D eigenvalue weighted by atomic mass is 10.1. The molecular formula is C11H11FN2O2. The Hall–Kier alpha value is -2.04. The van der Waals surface area contributed by atoms with Gasteiger partial charge in [0.05, 0.1) is 12.8 Å². The second-order valence-electron chi connectivity index (χ2n) is 3.42. The fourth-order valence-corrected chi connectivity index (χ4v) is 1.62. The van der Waals surface area contributed by atoms with Gasteiger partial charge in [-0.05, 0) is 25.1 Å². The molecule has 2 aromatic rings. The summed E-state index contributed by atoms with van der Waals surface area (Å²) in [5.74, 6) is 0.136. The van der Waals surface area contributed by atoms with Crippen molar-refractivity contribution in [1.29, 1.82) is 0 Å². The summed E-state index contributed by atoms with van der Waals surface area (Å²) in [6.07, 6.45) is 0. The van der Waals surface area contributed by atoms with E-state index in [-0.39, 0.29) is 11.5 Å². The normalized spacial score (nSPS) is 10.4. The molecule has 2 N–H and O–H groups in total. The Labute approximate surface area is 91.1 Å². The largest absolute Gasteiger partial charge is 0.496 e. The lowest BCUT2D eigenvalue weighted by Gasteiger charge is -2.07. The van der Waals surface area contributed by atoms with Gasteiger partial charge in [0.2, 0.25) is 0 Å². The number of nitrogens with one attached hydrogen (secondary N) is 2. The average Bonchev–Trinajstić information content (AvgIpc) is 2.57. The number of aryl methyl sites for hydroxylation is 1. The number of ether oxygens (including phenoxy) is 1. The molecule has 0 unspecified atom stereocenters. The Balaban J connectivity index is 2.67. The number of benzene rings is 1.